The van der Waals surface area contributed by atoms with Crippen LogP contribution < -0.4 is 10.6 Å². The first-order chi connectivity index (χ1) is 13.4. The molecular weight excluding hydrogens is 360 g/mol. The minimum atomic E-state index is -0.420. The molecular formula is C20H20N4O4. The molecule has 1 saturated heterocycles. The first-order valence-electron chi connectivity index (χ1n) is 9.17. The van der Waals surface area contributed by atoms with E-state index in [1.807, 2.05) is 0 Å². The van der Waals surface area contributed by atoms with Gasteiger partial charge in [-0.05, 0) is 43.0 Å². The molecule has 1 aromatic heterocycles. The van der Waals surface area contributed by atoms with Crippen LogP contribution in [0.25, 0.3) is 0 Å². The van der Waals surface area contributed by atoms with Gasteiger partial charge in [-0.15, -0.1) is 0 Å². The van der Waals surface area contributed by atoms with Crippen molar-refractivity contribution >= 4 is 29.3 Å². The maximum Gasteiger partial charge on any atom is 0.324 e. The maximum atomic E-state index is 12.7. The molecule has 0 atom stereocenters. The van der Waals surface area contributed by atoms with Crippen molar-refractivity contribution in [3.8, 4) is 0 Å². The summed E-state index contributed by atoms with van der Waals surface area (Å²) in [7, 11) is 0. The zero-order chi connectivity index (χ0) is 19.8. The van der Waals surface area contributed by atoms with Crippen LogP contribution in [0.1, 0.15) is 50.5 Å². The highest BCUT2D eigenvalue weighted by Crippen LogP contribution is 2.27. The lowest BCUT2D eigenvalue weighted by molar-refractivity contribution is -0.125. The van der Waals surface area contributed by atoms with Crippen molar-refractivity contribution in [3.05, 3.63) is 52.3 Å². The van der Waals surface area contributed by atoms with Crippen LogP contribution in [0.5, 0.6) is 0 Å². The number of imide groups is 1. The largest absolute Gasteiger partial charge is 0.354 e. The number of amides is 4. The van der Waals surface area contributed by atoms with Crippen LogP contribution in [0.2, 0.25) is 0 Å². The van der Waals surface area contributed by atoms with E-state index in [1.165, 1.54) is 0 Å². The molecule has 2 aliphatic rings. The van der Waals surface area contributed by atoms with Gasteiger partial charge in [0.15, 0.2) is 5.78 Å². The highest BCUT2D eigenvalue weighted by atomic mass is 16.2. The lowest BCUT2D eigenvalue weighted by atomic mass is 9.94. The number of carbonyl (C=O) groups excluding carboxylic acids is 4. The number of aromatic nitrogens is 1. The van der Waals surface area contributed by atoms with Crippen molar-refractivity contribution in [1.82, 2.24) is 15.2 Å². The van der Waals surface area contributed by atoms with E-state index in [9.17, 15) is 19.2 Å². The summed E-state index contributed by atoms with van der Waals surface area (Å²) in [4.78, 5) is 52.5. The molecule has 1 aromatic carbocycles. The zero-order valence-corrected chi connectivity index (χ0v) is 15.4. The van der Waals surface area contributed by atoms with Crippen LogP contribution in [0.15, 0.2) is 24.3 Å². The van der Waals surface area contributed by atoms with Crippen LogP contribution in [-0.4, -0.2) is 40.1 Å². The van der Waals surface area contributed by atoms with Gasteiger partial charge in [0.1, 0.15) is 5.69 Å². The summed E-state index contributed by atoms with van der Waals surface area (Å²) in [6.45, 7) is 1.92. The molecule has 28 heavy (non-hydrogen) atoms. The quantitative estimate of drug-likeness (QED) is 0.706. The fourth-order valence-electron chi connectivity index (χ4n) is 3.74. The van der Waals surface area contributed by atoms with E-state index in [-0.39, 0.29) is 30.7 Å². The highest BCUT2D eigenvalue weighted by Gasteiger charge is 2.29. The van der Waals surface area contributed by atoms with Gasteiger partial charge < -0.3 is 15.6 Å². The first kappa shape index (κ1) is 18.0. The lowest BCUT2D eigenvalue weighted by Crippen LogP contribution is -2.30. The number of Topliss-reactive ketones (excluding diaryl/α,β-unsaturated/α-hetero) is 1. The van der Waals surface area contributed by atoms with Crippen molar-refractivity contribution in [3.63, 3.8) is 0 Å². The fourth-order valence-corrected chi connectivity index (χ4v) is 3.74. The molecule has 0 unspecified atom stereocenters. The third-order valence-corrected chi connectivity index (χ3v) is 5.13. The summed E-state index contributed by atoms with van der Waals surface area (Å²) in [5.41, 5.74) is 3.80. The summed E-state index contributed by atoms with van der Waals surface area (Å²) >= 11 is 0. The van der Waals surface area contributed by atoms with E-state index in [0.29, 0.717) is 28.9 Å². The Morgan fingerprint density at radius 2 is 2.04 bits per heavy atom. The van der Waals surface area contributed by atoms with Gasteiger partial charge in [-0.3, -0.25) is 19.3 Å². The molecule has 4 rings (SSSR count). The van der Waals surface area contributed by atoms with Crippen molar-refractivity contribution in [2.24, 2.45) is 0 Å². The molecule has 2 aromatic rings. The standard InChI is InChI=1S/C20H20N4O4/c1-11-17-14(6-3-7-15(17)25)23-18(11)19(27)22-13-5-2-4-12(8-13)10-24-16(26)9-21-20(24)28/h2,4-5,8,23H,3,6-7,9-10H2,1H3,(H,21,28)(H,22,27). The maximum absolute atomic E-state index is 12.7. The van der Waals surface area contributed by atoms with E-state index < -0.39 is 6.03 Å². The molecule has 4 amide bonds. The molecule has 3 N–H and O–H groups in total. The summed E-state index contributed by atoms with van der Waals surface area (Å²) in [5, 5.41) is 5.30. The minimum absolute atomic E-state index is 0.00471. The topological polar surface area (TPSA) is 111 Å². The predicted octanol–water partition coefficient (Wildman–Crippen LogP) is 2.15. The Morgan fingerprint density at radius 1 is 1.21 bits per heavy atom. The molecule has 8 heteroatoms. The van der Waals surface area contributed by atoms with Gasteiger partial charge in [0.05, 0.1) is 13.1 Å². The number of rotatable bonds is 4. The van der Waals surface area contributed by atoms with Gasteiger partial charge in [0.25, 0.3) is 5.91 Å². The second kappa shape index (κ2) is 6.95. The molecule has 2 heterocycles. The van der Waals surface area contributed by atoms with Crippen molar-refractivity contribution in [2.75, 3.05) is 11.9 Å². The number of urea groups is 1. The number of anilines is 1. The monoisotopic (exact) mass is 380 g/mol. The van der Waals surface area contributed by atoms with Crippen molar-refractivity contribution < 1.29 is 19.2 Å². The Balaban J connectivity index is 1.52. The predicted molar refractivity (Wildman–Crippen MR) is 101 cm³/mol. The number of hydrogen-bond acceptors (Lipinski definition) is 4. The summed E-state index contributed by atoms with van der Waals surface area (Å²) in [6, 6.07) is 6.57. The van der Waals surface area contributed by atoms with Crippen LogP contribution in [0.3, 0.4) is 0 Å². The summed E-state index contributed by atoms with van der Waals surface area (Å²) in [6.07, 6.45) is 2.06. The number of H-pyrrole nitrogens is 1. The molecule has 0 radical (unpaired) electrons. The average molecular weight is 380 g/mol. The molecule has 8 nitrogen and oxygen atoms in total. The number of ketones is 1. The van der Waals surface area contributed by atoms with Crippen LogP contribution >= 0.6 is 0 Å². The Morgan fingerprint density at radius 3 is 2.75 bits per heavy atom. The van der Waals surface area contributed by atoms with Gasteiger partial charge in [-0.2, -0.15) is 0 Å². The molecule has 1 fully saturated rings. The Hall–Kier alpha value is -3.42. The number of aryl methyl sites for hydroxylation is 1. The second-order valence-electron chi connectivity index (χ2n) is 7.05. The third-order valence-electron chi connectivity index (χ3n) is 5.13. The fraction of sp³-hybridized carbons (Fsp3) is 0.300. The van der Waals surface area contributed by atoms with E-state index in [4.69, 9.17) is 0 Å². The zero-order valence-electron chi connectivity index (χ0n) is 15.4. The normalized spacial score (nSPS) is 16.2. The number of benzene rings is 1. The van der Waals surface area contributed by atoms with Gasteiger partial charge in [-0.25, -0.2) is 4.79 Å². The number of nitrogens with zero attached hydrogens (tertiary/aromatic N) is 1. The van der Waals surface area contributed by atoms with Crippen molar-refractivity contribution in [1.29, 1.82) is 0 Å². The van der Waals surface area contributed by atoms with E-state index in [1.54, 1.807) is 31.2 Å². The van der Waals surface area contributed by atoms with Gasteiger partial charge in [0.2, 0.25) is 5.91 Å². The van der Waals surface area contributed by atoms with E-state index in [0.717, 1.165) is 29.0 Å². The lowest BCUT2D eigenvalue weighted by Gasteiger charge is -2.13. The molecule has 0 bridgehead atoms. The average Bonchev–Trinajstić information content (AvgIpc) is 3.17. The molecule has 144 valence electrons. The van der Waals surface area contributed by atoms with Gasteiger partial charge >= 0.3 is 6.03 Å². The Bertz CT molecular complexity index is 992. The minimum Gasteiger partial charge on any atom is -0.354 e. The molecule has 1 aliphatic heterocycles. The SMILES string of the molecule is Cc1c(C(=O)Nc2cccc(CN3C(=O)CNC3=O)c2)[nH]c2c1C(=O)CCC2. The third kappa shape index (κ3) is 3.17. The van der Waals surface area contributed by atoms with Crippen LogP contribution in [0.4, 0.5) is 10.5 Å². The summed E-state index contributed by atoms with van der Waals surface area (Å²) < 4.78 is 0. The number of hydrogen-bond donors (Lipinski definition) is 3. The van der Waals surface area contributed by atoms with Crippen LogP contribution in [0, 0.1) is 6.92 Å². The van der Waals surface area contributed by atoms with Crippen molar-refractivity contribution in [2.45, 2.75) is 32.7 Å². The Kier molecular flexibility index (Phi) is 4.46. The van der Waals surface area contributed by atoms with Gasteiger partial charge in [-0.1, -0.05) is 12.1 Å². The number of fused-ring (bicyclic) bond motifs is 1. The molecule has 0 saturated carbocycles. The number of nitrogens with one attached hydrogen (secondary N) is 3. The van der Waals surface area contributed by atoms with E-state index in [2.05, 4.69) is 15.6 Å². The van der Waals surface area contributed by atoms with E-state index >= 15 is 0 Å². The first-order valence-corrected chi connectivity index (χ1v) is 9.17. The number of carbonyl (C=O) groups is 4. The second-order valence-corrected chi connectivity index (χ2v) is 7.05. The van der Waals surface area contributed by atoms with Crippen LogP contribution in [-0.2, 0) is 17.8 Å². The Labute approximate surface area is 161 Å². The summed E-state index contributed by atoms with van der Waals surface area (Å²) in [5.74, 6) is -0.534. The molecule has 1 aliphatic carbocycles. The smallest absolute Gasteiger partial charge is 0.324 e. The highest BCUT2D eigenvalue weighted by molar-refractivity contribution is 6.08. The van der Waals surface area contributed by atoms with Gasteiger partial charge in [0, 0.05) is 23.4 Å². The number of aromatic amines is 1. The molecule has 0 spiro atoms.